The molecule has 2 nitrogen and oxygen atoms in total. The summed E-state index contributed by atoms with van der Waals surface area (Å²) in [6.07, 6.45) is 7.69. The summed E-state index contributed by atoms with van der Waals surface area (Å²) in [5.74, 6) is 0. The molecule has 0 saturated heterocycles. The Bertz CT molecular complexity index is 95.1. The maximum atomic E-state index is 8.30. The Labute approximate surface area is 55.1 Å². The Morgan fingerprint density at radius 3 is 2.22 bits per heavy atom. The van der Waals surface area contributed by atoms with Crippen molar-refractivity contribution in [3.8, 4) is 0 Å². The van der Waals surface area contributed by atoms with Crippen LogP contribution in [0.5, 0.6) is 0 Å². The molecule has 0 spiro atoms. The summed E-state index contributed by atoms with van der Waals surface area (Å²) in [5, 5.41) is 16.6. The van der Waals surface area contributed by atoms with Crippen molar-refractivity contribution in [2.24, 2.45) is 0 Å². The summed E-state index contributed by atoms with van der Waals surface area (Å²) < 4.78 is 0. The monoisotopic (exact) mass is 128 g/mol. The van der Waals surface area contributed by atoms with Gasteiger partial charge in [0, 0.05) is 6.61 Å². The van der Waals surface area contributed by atoms with Gasteiger partial charge < -0.3 is 10.2 Å². The van der Waals surface area contributed by atoms with Crippen molar-refractivity contribution in [1.82, 2.24) is 0 Å². The highest BCUT2D eigenvalue weighted by Crippen LogP contribution is 1.81. The van der Waals surface area contributed by atoms with Crippen LogP contribution in [0.15, 0.2) is 24.3 Å². The van der Waals surface area contributed by atoms with Crippen molar-refractivity contribution < 1.29 is 10.2 Å². The number of rotatable bonds is 4. The van der Waals surface area contributed by atoms with Gasteiger partial charge in [0.2, 0.25) is 0 Å². The first-order valence-electron chi connectivity index (χ1n) is 2.95. The van der Waals surface area contributed by atoms with Crippen LogP contribution in [0.25, 0.3) is 0 Å². The lowest BCUT2D eigenvalue weighted by Crippen LogP contribution is -1.74. The molecular formula is C7H12O2. The Morgan fingerprint density at radius 2 is 1.67 bits per heavy atom. The van der Waals surface area contributed by atoms with Crippen LogP contribution in [0.4, 0.5) is 0 Å². The van der Waals surface area contributed by atoms with E-state index >= 15 is 0 Å². The third-order valence-electron chi connectivity index (χ3n) is 0.784. The third kappa shape index (κ3) is 7.40. The molecule has 0 aliphatic heterocycles. The maximum absolute atomic E-state index is 8.30. The predicted molar refractivity (Wildman–Crippen MR) is 37.1 cm³/mol. The van der Waals surface area contributed by atoms with Gasteiger partial charge in [0.25, 0.3) is 0 Å². The lowest BCUT2D eigenvalue weighted by molar-refractivity contribution is 0.302. The standard InChI is InChI=1S/C7H12O2/c8-6-4-2-1-3-5-7-9/h1-4,8-9H,5-7H2. The van der Waals surface area contributed by atoms with E-state index in [2.05, 4.69) is 0 Å². The highest BCUT2D eigenvalue weighted by Gasteiger charge is 1.69. The van der Waals surface area contributed by atoms with E-state index in [1.807, 2.05) is 6.08 Å². The van der Waals surface area contributed by atoms with Gasteiger partial charge in [0.1, 0.15) is 0 Å². The van der Waals surface area contributed by atoms with Gasteiger partial charge >= 0.3 is 0 Å². The van der Waals surface area contributed by atoms with Crippen LogP contribution < -0.4 is 0 Å². The van der Waals surface area contributed by atoms with Gasteiger partial charge in [-0.2, -0.15) is 0 Å². The van der Waals surface area contributed by atoms with Crippen LogP contribution in [-0.2, 0) is 0 Å². The number of hydrogen-bond donors (Lipinski definition) is 2. The highest BCUT2D eigenvalue weighted by atomic mass is 16.3. The second-order valence-corrected chi connectivity index (χ2v) is 1.55. The van der Waals surface area contributed by atoms with Crippen LogP contribution in [0.3, 0.4) is 0 Å². The van der Waals surface area contributed by atoms with E-state index in [0.717, 1.165) is 0 Å². The first kappa shape index (κ1) is 8.40. The molecule has 2 N–H and O–H groups in total. The Kier molecular flexibility index (Phi) is 6.91. The first-order chi connectivity index (χ1) is 4.41. The molecule has 0 aromatic carbocycles. The fourth-order valence-corrected chi connectivity index (χ4v) is 0.389. The molecule has 0 radical (unpaired) electrons. The lowest BCUT2D eigenvalue weighted by Gasteiger charge is -1.79. The summed E-state index contributed by atoms with van der Waals surface area (Å²) in [6.45, 7) is 0.257. The molecule has 9 heavy (non-hydrogen) atoms. The summed E-state index contributed by atoms with van der Waals surface area (Å²) in [6, 6.07) is 0. The van der Waals surface area contributed by atoms with Gasteiger partial charge in [-0.25, -0.2) is 0 Å². The predicted octanol–water partition coefficient (Wildman–Crippen LogP) is 0.473. The summed E-state index contributed by atoms with van der Waals surface area (Å²) >= 11 is 0. The molecular weight excluding hydrogens is 116 g/mol. The fourth-order valence-electron chi connectivity index (χ4n) is 0.389. The number of aliphatic hydroxyl groups excluding tert-OH is 2. The van der Waals surface area contributed by atoms with Crippen molar-refractivity contribution in [2.45, 2.75) is 6.42 Å². The Hall–Kier alpha value is -0.600. The van der Waals surface area contributed by atoms with E-state index in [1.165, 1.54) is 0 Å². The van der Waals surface area contributed by atoms with Crippen LogP contribution in [0.1, 0.15) is 6.42 Å². The van der Waals surface area contributed by atoms with Crippen LogP contribution in [0.2, 0.25) is 0 Å². The average molecular weight is 128 g/mol. The minimum atomic E-state index is 0.0729. The third-order valence-corrected chi connectivity index (χ3v) is 0.784. The first-order valence-corrected chi connectivity index (χ1v) is 2.95. The van der Waals surface area contributed by atoms with Crippen LogP contribution >= 0.6 is 0 Å². The number of hydrogen-bond acceptors (Lipinski definition) is 2. The molecule has 2 heteroatoms. The second kappa shape index (κ2) is 7.40. The summed E-state index contributed by atoms with van der Waals surface area (Å²) in [7, 11) is 0. The molecule has 0 atom stereocenters. The quantitative estimate of drug-likeness (QED) is 0.540. The zero-order valence-electron chi connectivity index (χ0n) is 5.33. The topological polar surface area (TPSA) is 40.5 Å². The zero-order chi connectivity index (χ0) is 6.95. The average Bonchev–Trinajstić information content (AvgIpc) is 1.89. The molecule has 0 aliphatic rings. The minimum absolute atomic E-state index is 0.0729. The van der Waals surface area contributed by atoms with Crippen LogP contribution in [0, 0.1) is 0 Å². The largest absolute Gasteiger partial charge is 0.396 e. The van der Waals surface area contributed by atoms with Gasteiger partial charge in [0.05, 0.1) is 6.61 Å². The minimum Gasteiger partial charge on any atom is -0.396 e. The molecule has 0 heterocycles. The molecule has 0 bridgehead atoms. The number of allylic oxidation sites excluding steroid dienone is 2. The molecule has 0 aromatic rings. The van der Waals surface area contributed by atoms with Crippen LogP contribution in [-0.4, -0.2) is 23.4 Å². The molecule has 0 aromatic heterocycles. The van der Waals surface area contributed by atoms with Gasteiger partial charge in [-0.1, -0.05) is 24.3 Å². The normalized spacial score (nSPS) is 11.8. The van der Waals surface area contributed by atoms with E-state index in [1.54, 1.807) is 18.2 Å². The van der Waals surface area contributed by atoms with Gasteiger partial charge in [-0.3, -0.25) is 0 Å². The van der Waals surface area contributed by atoms with Crippen molar-refractivity contribution in [1.29, 1.82) is 0 Å². The molecule has 0 fully saturated rings. The van der Waals surface area contributed by atoms with E-state index in [-0.39, 0.29) is 13.2 Å². The molecule has 0 aliphatic carbocycles. The number of aliphatic hydroxyl groups is 2. The Morgan fingerprint density at radius 1 is 1.00 bits per heavy atom. The SMILES string of the molecule is OCC=CC=CCCO. The fraction of sp³-hybridized carbons (Fsp3) is 0.429. The zero-order valence-corrected chi connectivity index (χ0v) is 5.33. The molecule has 0 amide bonds. The molecule has 52 valence electrons. The van der Waals surface area contributed by atoms with Gasteiger partial charge in [0.15, 0.2) is 0 Å². The van der Waals surface area contributed by atoms with Crippen molar-refractivity contribution >= 4 is 0 Å². The van der Waals surface area contributed by atoms with E-state index in [4.69, 9.17) is 10.2 Å². The smallest absolute Gasteiger partial charge is 0.0615 e. The van der Waals surface area contributed by atoms with Gasteiger partial charge in [-0.15, -0.1) is 0 Å². The second-order valence-electron chi connectivity index (χ2n) is 1.55. The Balaban J connectivity index is 3.13. The molecule has 0 rings (SSSR count). The summed E-state index contributed by atoms with van der Waals surface area (Å²) in [4.78, 5) is 0. The highest BCUT2D eigenvalue weighted by molar-refractivity contribution is 5.01. The van der Waals surface area contributed by atoms with Gasteiger partial charge in [-0.05, 0) is 6.42 Å². The van der Waals surface area contributed by atoms with Crippen molar-refractivity contribution in [3.63, 3.8) is 0 Å². The van der Waals surface area contributed by atoms with E-state index in [9.17, 15) is 0 Å². The molecule has 0 saturated carbocycles. The van der Waals surface area contributed by atoms with E-state index in [0.29, 0.717) is 6.42 Å². The summed E-state index contributed by atoms with van der Waals surface area (Å²) in [5.41, 5.74) is 0. The maximum Gasteiger partial charge on any atom is 0.0615 e. The molecule has 0 unspecified atom stereocenters. The lowest BCUT2D eigenvalue weighted by atomic mass is 10.4. The van der Waals surface area contributed by atoms with Crippen molar-refractivity contribution in [2.75, 3.05) is 13.2 Å². The van der Waals surface area contributed by atoms with E-state index < -0.39 is 0 Å². The van der Waals surface area contributed by atoms with Crippen molar-refractivity contribution in [3.05, 3.63) is 24.3 Å².